The van der Waals surface area contributed by atoms with E-state index in [0.29, 0.717) is 5.25 Å². The first-order chi connectivity index (χ1) is 9.69. The molecule has 0 amide bonds. The molecule has 110 valence electrons. The van der Waals surface area contributed by atoms with Crippen LogP contribution in [0.2, 0.25) is 0 Å². The lowest BCUT2D eigenvalue weighted by molar-refractivity contribution is -0.176. The maximum Gasteiger partial charge on any atom is 0.169 e. The van der Waals surface area contributed by atoms with Crippen LogP contribution in [0.5, 0.6) is 0 Å². The van der Waals surface area contributed by atoms with Crippen molar-refractivity contribution in [1.29, 1.82) is 0 Å². The van der Waals surface area contributed by atoms with E-state index in [1.807, 2.05) is 11.8 Å². The summed E-state index contributed by atoms with van der Waals surface area (Å²) in [5.41, 5.74) is 9.05. The Kier molecular flexibility index (Phi) is 4.36. The first-order valence-electron chi connectivity index (χ1n) is 7.38. The van der Waals surface area contributed by atoms with Crippen LogP contribution in [0.15, 0.2) is 24.3 Å². The molecule has 3 nitrogen and oxygen atoms in total. The third-order valence-electron chi connectivity index (χ3n) is 4.38. The van der Waals surface area contributed by atoms with Crippen LogP contribution in [-0.2, 0) is 15.2 Å². The lowest BCUT2D eigenvalue weighted by atomic mass is 9.90. The summed E-state index contributed by atoms with van der Waals surface area (Å²) in [5.74, 6) is 0.681. The molecule has 2 unspecified atom stereocenters. The Morgan fingerprint density at radius 1 is 1.30 bits per heavy atom. The highest BCUT2D eigenvalue weighted by molar-refractivity contribution is 7.99. The Morgan fingerprint density at radius 2 is 2.05 bits per heavy atom. The second kappa shape index (κ2) is 6.06. The fraction of sp³-hybridized carbons (Fsp3) is 0.625. The number of aryl methyl sites for hydroxylation is 1. The number of nitrogens with two attached hydrogens (primary N) is 1. The van der Waals surface area contributed by atoms with Gasteiger partial charge in [0.15, 0.2) is 5.79 Å². The molecule has 1 heterocycles. The van der Waals surface area contributed by atoms with Gasteiger partial charge in [-0.1, -0.05) is 24.3 Å². The van der Waals surface area contributed by atoms with Crippen LogP contribution in [0, 0.1) is 6.92 Å². The Balaban J connectivity index is 1.62. The van der Waals surface area contributed by atoms with Crippen LogP contribution < -0.4 is 5.73 Å². The second-order valence-corrected chi connectivity index (χ2v) is 7.02. The van der Waals surface area contributed by atoms with Crippen LogP contribution in [-0.4, -0.2) is 30.3 Å². The zero-order valence-corrected chi connectivity index (χ0v) is 12.8. The van der Waals surface area contributed by atoms with Crippen molar-refractivity contribution in [1.82, 2.24) is 0 Å². The van der Waals surface area contributed by atoms with Crippen molar-refractivity contribution in [3.8, 4) is 0 Å². The quantitative estimate of drug-likeness (QED) is 0.931. The number of benzene rings is 1. The molecular formula is C16H23NO2S. The van der Waals surface area contributed by atoms with Crippen molar-refractivity contribution in [2.75, 3.05) is 13.2 Å². The molecule has 0 radical (unpaired) electrons. The lowest BCUT2D eigenvalue weighted by Gasteiger charge is -2.39. The van der Waals surface area contributed by atoms with E-state index >= 15 is 0 Å². The maximum absolute atomic E-state index is 6.30. The van der Waals surface area contributed by atoms with Gasteiger partial charge in [-0.05, 0) is 24.5 Å². The van der Waals surface area contributed by atoms with Gasteiger partial charge in [0.25, 0.3) is 0 Å². The van der Waals surface area contributed by atoms with Gasteiger partial charge in [0.2, 0.25) is 0 Å². The molecule has 3 rings (SSSR count). The molecule has 2 fully saturated rings. The van der Waals surface area contributed by atoms with E-state index < -0.39 is 0 Å². The summed E-state index contributed by atoms with van der Waals surface area (Å²) in [4.78, 5) is 0. The highest BCUT2D eigenvalue weighted by atomic mass is 32.2. The lowest BCUT2D eigenvalue weighted by Crippen LogP contribution is -2.47. The Labute approximate surface area is 125 Å². The maximum atomic E-state index is 6.30. The molecule has 1 aromatic carbocycles. The molecule has 0 aromatic heterocycles. The van der Waals surface area contributed by atoms with Crippen molar-refractivity contribution >= 4 is 11.8 Å². The predicted octanol–water partition coefficient (Wildman–Crippen LogP) is 2.85. The zero-order chi connectivity index (χ0) is 14.0. The molecule has 2 N–H and O–H groups in total. The fourth-order valence-corrected chi connectivity index (χ4v) is 4.52. The summed E-state index contributed by atoms with van der Waals surface area (Å²) in [6.45, 7) is 3.62. The molecule has 2 aliphatic rings. The van der Waals surface area contributed by atoms with Crippen LogP contribution in [0.25, 0.3) is 0 Å². The van der Waals surface area contributed by atoms with Crippen molar-refractivity contribution < 1.29 is 9.47 Å². The number of rotatable bonds is 3. The van der Waals surface area contributed by atoms with Crippen LogP contribution in [0.1, 0.15) is 30.4 Å². The van der Waals surface area contributed by atoms with E-state index in [1.54, 1.807) is 0 Å². The number of hydrogen-bond donors (Lipinski definition) is 1. The molecule has 4 heteroatoms. The number of thioether (sulfide) groups is 1. The van der Waals surface area contributed by atoms with Gasteiger partial charge < -0.3 is 15.2 Å². The van der Waals surface area contributed by atoms with Crippen molar-refractivity contribution in [2.45, 2.75) is 49.0 Å². The second-order valence-electron chi connectivity index (χ2n) is 5.79. The molecule has 2 atom stereocenters. The van der Waals surface area contributed by atoms with Crippen molar-refractivity contribution in [3.05, 3.63) is 35.4 Å². The van der Waals surface area contributed by atoms with E-state index in [2.05, 4.69) is 31.2 Å². The van der Waals surface area contributed by atoms with Crippen molar-refractivity contribution in [2.24, 2.45) is 5.73 Å². The zero-order valence-electron chi connectivity index (χ0n) is 12.0. The van der Waals surface area contributed by atoms with Crippen LogP contribution >= 0.6 is 11.8 Å². The summed E-state index contributed by atoms with van der Waals surface area (Å²) in [6, 6.07) is 8.82. The monoisotopic (exact) mass is 293 g/mol. The van der Waals surface area contributed by atoms with Gasteiger partial charge in [0.05, 0.1) is 13.2 Å². The normalized spacial score (nSPS) is 28.9. The molecule has 1 spiro atoms. The van der Waals surface area contributed by atoms with Gasteiger partial charge in [-0.3, -0.25) is 0 Å². The fourth-order valence-electron chi connectivity index (χ4n) is 3.04. The Morgan fingerprint density at radius 3 is 2.80 bits per heavy atom. The Hall–Kier alpha value is -0.550. The highest BCUT2D eigenvalue weighted by Gasteiger charge is 2.44. The number of hydrogen-bond acceptors (Lipinski definition) is 4. The summed E-state index contributed by atoms with van der Waals surface area (Å²) < 4.78 is 11.7. The molecule has 1 saturated carbocycles. The van der Waals surface area contributed by atoms with Gasteiger partial charge in [-0.25, -0.2) is 0 Å². The predicted molar refractivity (Wildman–Crippen MR) is 82.7 cm³/mol. The molecule has 1 saturated heterocycles. The summed E-state index contributed by atoms with van der Waals surface area (Å²) in [5, 5.41) is 0.418. The minimum Gasteiger partial charge on any atom is -0.347 e. The van der Waals surface area contributed by atoms with Gasteiger partial charge in [-0.2, -0.15) is 11.8 Å². The molecule has 1 aromatic rings. The third kappa shape index (κ3) is 3.03. The van der Waals surface area contributed by atoms with Gasteiger partial charge in [0.1, 0.15) is 0 Å². The Bertz CT molecular complexity index is 460. The van der Waals surface area contributed by atoms with E-state index in [1.165, 1.54) is 11.1 Å². The highest BCUT2D eigenvalue weighted by Crippen LogP contribution is 2.40. The number of ether oxygens (including phenoxy) is 2. The standard InChI is InChI=1S/C16H23NO2S/c1-12-4-2-3-5-13(12)11-20-15-10-16(7-6-14(15)17)18-8-9-19-16/h2-5,14-15H,6-11,17H2,1H3. The van der Waals surface area contributed by atoms with Crippen LogP contribution in [0.4, 0.5) is 0 Å². The van der Waals surface area contributed by atoms with E-state index in [4.69, 9.17) is 15.2 Å². The van der Waals surface area contributed by atoms with Gasteiger partial charge in [0, 0.05) is 29.9 Å². The smallest absolute Gasteiger partial charge is 0.169 e. The van der Waals surface area contributed by atoms with E-state index in [9.17, 15) is 0 Å². The molecule has 1 aliphatic heterocycles. The van der Waals surface area contributed by atoms with Gasteiger partial charge in [-0.15, -0.1) is 0 Å². The van der Waals surface area contributed by atoms with E-state index in [0.717, 1.165) is 38.2 Å². The van der Waals surface area contributed by atoms with Gasteiger partial charge >= 0.3 is 0 Å². The average Bonchev–Trinajstić information content (AvgIpc) is 2.90. The SMILES string of the molecule is Cc1ccccc1CSC1CC2(CCC1N)OCCO2. The minimum absolute atomic E-state index is 0.252. The summed E-state index contributed by atoms with van der Waals surface area (Å²) in [7, 11) is 0. The topological polar surface area (TPSA) is 44.5 Å². The first kappa shape index (κ1) is 14.4. The molecule has 0 bridgehead atoms. The van der Waals surface area contributed by atoms with E-state index in [-0.39, 0.29) is 11.8 Å². The first-order valence-corrected chi connectivity index (χ1v) is 8.43. The molecule has 1 aliphatic carbocycles. The van der Waals surface area contributed by atoms with Crippen molar-refractivity contribution in [3.63, 3.8) is 0 Å². The van der Waals surface area contributed by atoms with Crippen LogP contribution in [0.3, 0.4) is 0 Å². The molecular weight excluding hydrogens is 270 g/mol. The third-order valence-corrected chi connectivity index (χ3v) is 5.80. The summed E-state index contributed by atoms with van der Waals surface area (Å²) >= 11 is 1.95. The largest absolute Gasteiger partial charge is 0.347 e. The summed E-state index contributed by atoms with van der Waals surface area (Å²) in [6.07, 6.45) is 2.85. The minimum atomic E-state index is -0.334. The average molecular weight is 293 g/mol. The molecule has 20 heavy (non-hydrogen) atoms.